The molecule has 0 atom stereocenters. The first-order valence-corrected chi connectivity index (χ1v) is 6.67. The number of thioether (sulfide) groups is 1. The molecular weight excluding hydrogens is 236 g/mol. The average Bonchev–Trinajstić information content (AvgIpc) is 2.36. The Morgan fingerprint density at radius 3 is 2.47 bits per heavy atom. The zero-order chi connectivity index (χ0) is 12.5. The third-order valence-electron chi connectivity index (χ3n) is 2.16. The molecule has 1 aromatic rings. The van der Waals surface area contributed by atoms with Gasteiger partial charge < -0.3 is 9.47 Å². The molecular formula is C13H18O3S. The van der Waals surface area contributed by atoms with Crippen molar-refractivity contribution in [2.75, 3.05) is 19.5 Å². The number of ether oxygens (including phenoxy) is 2. The molecule has 0 aliphatic heterocycles. The zero-order valence-corrected chi connectivity index (χ0v) is 11.1. The first-order valence-electron chi connectivity index (χ1n) is 5.68. The summed E-state index contributed by atoms with van der Waals surface area (Å²) in [4.78, 5) is 11.2. The van der Waals surface area contributed by atoms with Crippen molar-refractivity contribution in [3.63, 3.8) is 0 Å². The molecule has 0 heterocycles. The maximum Gasteiger partial charge on any atom is 0.189 e. The van der Waals surface area contributed by atoms with Crippen LogP contribution < -0.4 is 9.47 Å². The maximum atomic E-state index is 11.2. The highest BCUT2D eigenvalue weighted by Gasteiger charge is 2.01. The molecule has 0 fully saturated rings. The summed E-state index contributed by atoms with van der Waals surface area (Å²) in [6, 6.07) is 7.43. The molecule has 94 valence electrons. The van der Waals surface area contributed by atoms with Gasteiger partial charge in [-0.15, -0.1) is 0 Å². The highest BCUT2D eigenvalue weighted by Crippen LogP contribution is 2.17. The second-order valence-electron chi connectivity index (χ2n) is 3.43. The standard InChI is InChI=1S/C13H18O3S/c1-3-17-13(14)5-4-10-16-12-8-6-11(15-2)7-9-12/h6-9H,3-5,10H2,1-2H3. The van der Waals surface area contributed by atoms with E-state index in [1.54, 1.807) is 7.11 Å². The Bertz CT molecular complexity index is 335. The smallest absolute Gasteiger partial charge is 0.189 e. The SMILES string of the molecule is CCSC(=O)CCCOc1ccc(OC)cc1. The first kappa shape index (κ1) is 13.9. The molecule has 1 rings (SSSR count). The number of carbonyl (C=O) groups excluding carboxylic acids is 1. The molecule has 1 aromatic carbocycles. The van der Waals surface area contributed by atoms with Crippen LogP contribution in [0.1, 0.15) is 19.8 Å². The van der Waals surface area contributed by atoms with Crippen molar-refractivity contribution < 1.29 is 14.3 Å². The van der Waals surface area contributed by atoms with Gasteiger partial charge in [0.05, 0.1) is 13.7 Å². The summed E-state index contributed by atoms with van der Waals surface area (Å²) in [5, 5.41) is 0.242. The fourth-order valence-corrected chi connectivity index (χ4v) is 1.92. The van der Waals surface area contributed by atoms with E-state index in [-0.39, 0.29) is 5.12 Å². The molecule has 0 saturated heterocycles. The van der Waals surface area contributed by atoms with Crippen LogP contribution in [0.4, 0.5) is 0 Å². The lowest BCUT2D eigenvalue weighted by Crippen LogP contribution is -2.01. The second kappa shape index (κ2) is 8.01. The summed E-state index contributed by atoms with van der Waals surface area (Å²) in [5.74, 6) is 2.46. The quantitative estimate of drug-likeness (QED) is 0.700. The Kier molecular flexibility index (Phi) is 6.55. The summed E-state index contributed by atoms with van der Waals surface area (Å²) < 4.78 is 10.6. The van der Waals surface area contributed by atoms with Gasteiger partial charge in [0.1, 0.15) is 11.5 Å². The fraction of sp³-hybridized carbons (Fsp3) is 0.462. The lowest BCUT2D eigenvalue weighted by molar-refractivity contribution is -0.111. The number of hydrogen-bond acceptors (Lipinski definition) is 4. The van der Waals surface area contributed by atoms with E-state index in [9.17, 15) is 4.79 Å². The van der Waals surface area contributed by atoms with Crippen molar-refractivity contribution in [1.82, 2.24) is 0 Å². The van der Waals surface area contributed by atoms with Crippen molar-refractivity contribution in [2.45, 2.75) is 19.8 Å². The second-order valence-corrected chi connectivity index (χ2v) is 4.75. The molecule has 0 aliphatic carbocycles. The topological polar surface area (TPSA) is 35.5 Å². The van der Waals surface area contributed by atoms with Crippen LogP contribution in [0.3, 0.4) is 0 Å². The van der Waals surface area contributed by atoms with Gasteiger partial charge >= 0.3 is 0 Å². The van der Waals surface area contributed by atoms with Crippen LogP contribution >= 0.6 is 11.8 Å². The molecule has 0 aliphatic rings. The minimum absolute atomic E-state index is 0.242. The van der Waals surface area contributed by atoms with Gasteiger partial charge in [-0.1, -0.05) is 18.7 Å². The Hall–Kier alpha value is -1.16. The zero-order valence-electron chi connectivity index (χ0n) is 10.3. The minimum atomic E-state index is 0.242. The largest absolute Gasteiger partial charge is 0.497 e. The molecule has 0 radical (unpaired) electrons. The van der Waals surface area contributed by atoms with Gasteiger partial charge in [-0.3, -0.25) is 4.79 Å². The minimum Gasteiger partial charge on any atom is -0.497 e. The predicted octanol–water partition coefficient (Wildman–Crippen LogP) is 3.13. The molecule has 3 nitrogen and oxygen atoms in total. The summed E-state index contributed by atoms with van der Waals surface area (Å²) in [5.41, 5.74) is 0. The van der Waals surface area contributed by atoms with E-state index in [0.29, 0.717) is 13.0 Å². The van der Waals surface area contributed by atoms with Crippen molar-refractivity contribution in [1.29, 1.82) is 0 Å². The Labute approximate surface area is 106 Å². The third kappa shape index (κ3) is 5.63. The Morgan fingerprint density at radius 2 is 1.88 bits per heavy atom. The number of carbonyl (C=O) groups is 1. The van der Waals surface area contributed by atoms with E-state index in [4.69, 9.17) is 9.47 Å². The lowest BCUT2D eigenvalue weighted by atomic mass is 10.3. The van der Waals surface area contributed by atoms with Gasteiger partial charge in [0.25, 0.3) is 0 Å². The van der Waals surface area contributed by atoms with E-state index in [2.05, 4.69) is 0 Å². The maximum absolute atomic E-state index is 11.2. The van der Waals surface area contributed by atoms with Crippen LogP contribution in [0.15, 0.2) is 24.3 Å². The molecule has 0 amide bonds. The lowest BCUT2D eigenvalue weighted by Gasteiger charge is -2.06. The third-order valence-corrected chi connectivity index (χ3v) is 2.97. The van der Waals surface area contributed by atoms with Crippen LogP contribution in [0, 0.1) is 0 Å². The van der Waals surface area contributed by atoms with Gasteiger partial charge in [0, 0.05) is 6.42 Å². The monoisotopic (exact) mass is 254 g/mol. The van der Waals surface area contributed by atoms with Crippen LogP contribution in [0.2, 0.25) is 0 Å². The van der Waals surface area contributed by atoms with Crippen molar-refractivity contribution >= 4 is 16.9 Å². The number of hydrogen-bond donors (Lipinski definition) is 0. The molecule has 4 heteroatoms. The highest BCUT2D eigenvalue weighted by atomic mass is 32.2. The number of rotatable bonds is 7. The van der Waals surface area contributed by atoms with Gasteiger partial charge in [0.2, 0.25) is 0 Å². The number of methoxy groups -OCH3 is 1. The van der Waals surface area contributed by atoms with E-state index in [1.165, 1.54) is 11.8 Å². The van der Waals surface area contributed by atoms with Gasteiger partial charge in [-0.05, 0) is 36.4 Å². The van der Waals surface area contributed by atoms with Crippen LogP contribution in [-0.4, -0.2) is 24.6 Å². The van der Waals surface area contributed by atoms with Crippen LogP contribution in [0.5, 0.6) is 11.5 Å². The van der Waals surface area contributed by atoms with Crippen LogP contribution in [-0.2, 0) is 4.79 Å². The van der Waals surface area contributed by atoms with Gasteiger partial charge in [-0.25, -0.2) is 0 Å². The normalized spacial score (nSPS) is 10.0. The summed E-state index contributed by atoms with van der Waals surface area (Å²) in [6.45, 7) is 2.55. The van der Waals surface area contributed by atoms with Gasteiger partial charge in [0.15, 0.2) is 5.12 Å². The van der Waals surface area contributed by atoms with Crippen molar-refractivity contribution in [3.05, 3.63) is 24.3 Å². The predicted molar refractivity (Wildman–Crippen MR) is 70.9 cm³/mol. The molecule has 0 spiro atoms. The average molecular weight is 254 g/mol. The molecule has 0 aromatic heterocycles. The van der Waals surface area contributed by atoms with E-state index in [0.717, 1.165) is 23.7 Å². The fourth-order valence-electron chi connectivity index (χ4n) is 1.31. The molecule has 0 bridgehead atoms. The van der Waals surface area contributed by atoms with Crippen molar-refractivity contribution in [2.24, 2.45) is 0 Å². The Balaban J connectivity index is 2.19. The Morgan fingerprint density at radius 1 is 1.24 bits per heavy atom. The first-order chi connectivity index (χ1) is 8.26. The molecule has 17 heavy (non-hydrogen) atoms. The molecule has 0 N–H and O–H groups in total. The van der Waals surface area contributed by atoms with Crippen LogP contribution in [0.25, 0.3) is 0 Å². The van der Waals surface area contributed by atoms with E-state index < -0.39 is 0 Å². The van der Waals surface area contributed by atoms with Gasteiger partial charge in [-0.2, -0.15) is 0 Å². The molecule has 0 saturated carbocycles. The van der Waals surface area contributed by atoms with E-state index >= 15 is 0 Å². The summed E-state index contributed by atoms with van der Waals surface area (Å²) >= 11 is 1.37. The number of benzene rings is 1. The van der Waals surface area contributed by atoms with Crippen molar-refractivity contribution in [3.8, 4) is 11.5 Å². The summed E-state index contributed by atoms with van der Waals surface area (Å²) in [7, 11) is 1.63. The molecule has 0 unspecified atom stereocenters. The highest BCUT2D eigenvalue weighted by molar-refractivity contribution is 8.13. The summed E-state index contributed by atoms with van der Waals surface area (Å²) in [6.07, 6.45) is 1.34. The van der Waals surface area contributed by atoms with E-state index in [1.807, 2.05) is 31.2 Å².